The minimum atomic E-state index is -1.74. The Labute approximate surface area is 212 Å². The van der Waals surface area contributed by atoms with E-state index >= 15 is 0 Å². The Balaban J connectivity index is 1.94. The van der Waals surface area contributed by atoms with E-state index in [0.717, 1.165) is 11.5 Å². The van der Waals surface area contributed by atoms with Crippen molar-refractivity contribution in [1.29, 1.82) is 0 Å². The summed E-state index contributed by atoms with van der Waals surface area (Å²) in [5, 5.41) is 0. The highest BCUT2D eigenvalue weighted by Gasteiger charge is 2.33. The first-order valence-electron chi connectivity index (χ1n) is 12.1. The van der Waals surface area contributed by atoms with Crippen LogP contribution >= 0.6 is 10.0 Å². The maximum Gasteiger partial charge on any atom is 0.120 e. The molecule has 0 aliphatic carbocycles. The standard InChI is InChI=1S/C32H36O2S/c1-31(2,3)33-25-17-21-29(22-18-25)35(27-13-9-7-10-14-27,28-15-11-8-12-16-28)30-23-19-26(20-24-30)34-32(4,5)6/h7-24H,1-6H3. The highest BCUT2D eigenvalue weighted by Crippen LogP contribution is 2.73. The summed E-state index contributed by atoms with van der Waals surface area (Å²) in [6, 6.07) is 39.0. The van der Waals surface area contributed by atoms with Gasteiger partial charge in [0.1, 0.15) is 22.7 Å². The molecule has 4 rings (SSSR count). The SMILES string of the molecule is CC(C)(C)Oc1ccc(S(c2ccccc2)(c2ccccc2)c2ccc(OC(C)(C)C)cc2)cc1. The van der Waals surface area contributed by atoms with Crippen LogP contribution in [-0.4, -0.2) is 11.2 Å². The van der Waals surface area contributed by atoms with Crippen molar-refractivity contribution >= 4 is 10.0 Å². The van der Waals surface area contributed by atoms with Crippen molar-refractivity contribution in [3.63, 3.8) is 0 Å². The normalized spacial score (nSPS) is 12.7. The zero-order chi connectivity index (χ0) is 25.1. The molecule has 0 saturated carbocycles. The van der Waals surface area contributed by atoms with Gasteiger partial charge in [-0.15, -0.1) is 10.0 Å². The predicted octanol–water partition coefficient (Wildman–Crippen LogP) is 9.38. The second-order valence-electron chi connectivity index (χ2n) is 10.6. The molecule has 0 N–H and O–H groups in total. The second-order valence-corrected chi connectivity index (χ2v) is 13.7. The molecule has 0 unspecified atom stereocenters. The lowest BCUT2D eigenvalue weighted by molar-refractivity contribution is 0.130. The Hall–Kier alpha value is -3.17. The van der Waals surface area contributed by atoms with E-state index in [1.165, 1.54) is 19.6 Å². The van der Waals surface area contributed by atoms with Gasteiger partial charge in [-0.2, -0.15) is 0 Å². The van der Waals surface area contributed by atoms with Gasteiger partial charge in [0, 0.05) is 19.6 Å². The summed E-state index contributed by atoms with van der Waals surface area (Å²) >= 11 is 0. The molecule has 0 aliphatic rings. The van der Waals surface area contributed by atoms with Crippen LogP contribution in [0.2, 0.25) is 0 Å². The second kappa shape index (κ2) is 9.83. The molecule has 0 radical (unpaired) electrons. The fourth-order valence-electron chi connectivity index (χ4n) is 4.20. The Morgan fingerprint density at radius 3 is 0.971 bits per heavy atom. The minimum absolute atomic E-state index is 0.243. The van der Waals surface area contributed by atoms with E-state index in [1.807, 2.05) is 0 Å². The topological polar surface area (TPSA) is 18.5 Å². The summed E-state index contributed by atoms with van der Waals surface area (Å²) in [7, 11) is -1.74. The van der Waals surface area contributed by atoms with Crippen molar-refractivity contribution in [3.05, 3.63) is 109 Å². The molecule has 0 saturated heterocycles. The Morgan fingerprint density at radius 2 is 0.686 bits per heavy atom. The van der Waals surface area contributed by atoms with Crippen LogP contribution in [0.5, 0.6) is 11.5 Å². The Bertz CT molecular complexity index is 1120. The first-order chi connectivity index (χ1) is 16.6. The molecule has 0 heterocycles. The molecule has 182 valence electrons. The summed E-state index contributed by atoms with van der Waals surface area (Å²) in [4.78, 5) is 5.11. The molecule has 4 aromatic rings. The number of rotatable bonds is 6. The molecular weight excluding hydrogens is 448 g/mol. The summed E-state index contributed by atoms with van der Waals surface area (Å²) < 4.78 is 12.3. The lowest BCUT2D eigenvalue weighted by Crippen LogP contribution is -2.22. The van der Waals surface area contributed by atoms with Crippen LogP contribution in [0.25, 0.3) is 0 Å². The molecule has 35 heavy (non-hydrogen) atoms. The minimum Gasteiger partial charge on any atom is -0.488 e. The van der Waals surface area contributed by atoms with E-state index in [4.69, 9.17) is 9.47 Å². The quantitative estimate of drug-likeness (QED) is 0.271. The van der Waals surface area contributed by atoms with Gasteiger partial charge in [-0.05, 0) is 114 Å². The van der Waals surface area contributed by atoms with Gasteiger partial charge >= 0.3 is 0 Å². The van der Waals surface area contributed by atoms with E-state index in [1.54, 1.807) is 0 Å². The lowest BCUT2D eigenvalue weighted by atomic mass is 10.2. The molecule has 0 bridgehead atoms. The van der Waals surface area contributed by atoms with Gasteiger partial charge in [-0.3, -0.25) is 0 Å². The van der Waals surface area contributed by atoms with E-state index < -0.39 is 10.0 Å². The lowest BCUT2D eigenvalue weighted by Gasteiger charge is -2.42. The molecule has 0 atom stereocenters. The first-order valence-corrected chi connectivity index (χ1v) is 13.7. The largest absolute Gasteiger partial charge is 0.488 e. The van der Waals surface area contributed by atoms with Crippen molar-refractivity contribution in [2.24, 2.45) is 0 Å². The molecule has 3 heteroatoms. The van der Waals surface area contributed by atoms with Crippen molar-refractivity contribution in [2.45, 2.75) is 72.3 Å². The number of ether oxygens (including phenoxy) is 2. The third-order valence-electron chi connectivity index (χ3n) is 5.40. The molecule has 0 aliphatic heterocycles. The molecule has 2 nitrogen and oxygen atoms in total. The molecule has 0 fully saturated rings. The van der Waals surface area contributed by atoms with Crippen molar-refractivity contribution in [3.8, 4) is 11.5 Å². The van der Waals surface area contributed by atoms with Crippen LogP contribution in [0.1, 0.15) is 41.5 Å². The molecular formula is C32H36O2S. The fraction of sp³-hybridized carbons (Fsp3) is 0.250. The number of benzene rings is 4. The maximum absolute atomic E-state index is 6.14. The van der Waals surface area contributed by atoms with Gasteiger partial charge in [0.05, 0.1) is 0 Å². The predicted molar refractivity (Wildman–Crippen MR) is 147 cm³/mol. The summed E-state index contributed by atoms with van der Waals surface area (Å²) in [5.74, 6) is 1.76. The van der Waals surface area contributed by atoms with Gasteiger partial charge in [-0.1, -0.05) is 36.4 Å². The van der Waals surface area contributed by atoms with Gasteiger partial charge in [0.2, 0.25) is 0 Å². The van der Waals surface area contributed by atoms with Crippen LogP contribution in [0.15, 0.2) is 129 Å². The van der Waals surface area contributed by atoms with E-state index in [-0.39, 0.29) is 11.2 Å². The summed E-state index contributed by atoms with van der Waals surface area (Å²) in [6.45, 7) is 12.5. The van der Waals surface area contributed by atoms with Crippen LogP contribution in [-0.2, 0) is 0 Å². The van der Waals surface area contributed by atoms with Gasteiger partial charge in [0.25, 0.3) is 0 Å². The highest BCUT2D eigenvalue weighted by atomic mass is 32.3. The monoisotopic (exact) mass is 484 g/mol. The van der Waals surface area contributed by atoms with Crippen LogP contribution in [0, 0.1) is 0 Å². The van der Waals surface area contributed by atoms with E-state index in [2.05, 4.69) is 151 Å². The first kappa shape index (κ1) is 24.9. The molecule has 0 amide bonds. The van der Waals surface area contributed by atoms with Crippen molar-refractivity contribution < 1.29 is 9.47 Å². The molecule has 0 aromatic heterocycles. The summed E-state index contributed by atoms with van der Waals surface area (Å²) in [5.41, 5.74) is -0.486. The zero-order valence-electron chi connectivity index (χ0n) is 21.6. The van der Waals surface area contributed by atoms with E-state index in [0.29, 0.717) is 0 Å². The average Bonchev–Trinajstić information content (AvgIpc) is 2.81. The van der Waals surface area contributed by atoms with Crippen LogP contribution in [0.4, 0.5) is 0 Å². The number of hydrogen-bond donors (Lipinski definition) is 0. The number of hydrogen-bond acceptors (Lipinski definition) is 2. The van der Waals surface area contributed by atoms with E-state index in [9.17, 15) is 0 Å². The zero-order valence-corrected chi connectivity index (χ0v) is 22.4. The van der Waals surface area contributed by atoms with Gasteiger partial charge < -0.3 is 9.47 Å². The summed E-state index contributed by atoms with van der Waals surface area (Å²) in [6.07, 6.45) is 0. The Kier molecular flexibility index (Phi) is 7.00. The van der Waals surface area contributed by atoms with Gasteiger partial charge in [-0.25, -0.2) is 0 Å². The van der Waals surface area contributed by atoms with Crippen molar-refractivity contribution in [2.75, 3.05) is 0 Å². The molecule has 4 aromatic carbocycles. The third kappa shape index (κ3) is 5.74. The Morgan fingerprint density at radius 1 is 0.400 bits per heavy atom. The smallest absolute Gasteiger partial charge is 0.120 e. The maximum atomic E-state index is 6.14. The fourth-order valence-corrected chi connectivity index (χ4v) is 8.05. The third-order valence-corrected chi connectivity index (χ3v) is 9.31. The highest BCUT2D eigenvalue weighted by molar-refractivity contribution is 8.34. The molecule has 0 spiro atoms. The van der Waals surface area contributed by atoms with Gasteiger partial charge in [0.15, 0.2) is 0 Å². The van der Waals surface area contributed by atoms with Crippen LogP contribution < -0.4 is 9.47 Å². The van der Waals surface area contributed by atoms with Crippen molar-refractivity contribution in [1.82, 2.24) is 0 Å². The average molecular weight is 485 g/mol. The van der Waals surface area contributed by atoms with Crippen LogP contribution in [0.3, 0.4) is 0 Å².